The molecule has 148 valence electrons. The Hall–Kier alpha value is -2.28. The number of carbonyl (C=O) groups is 1. The third-order valence-corrected chi connectivity index (χ3v) is 6.61. The van der Waals surface area contributed by atoms with E-state index in [0.29, 0.717) is 11.6 Å². The fourth-order valence-electron chi connectivity index (χ4n) is 4.99. The predicted octanol–water partition coefficient (Wildman–Crippen LogP) is 3.24. The highest BCUT2D eigenvalue weighted by Gasteiger charge is 2.50. The number of benzene rings is 1. The number of nitrogens with zero attached hydrogens (tertiary/aromatic N) is 2. The molecule has 2 N–H and O–H groups in total. The minimum Gasteiger partial charge on any atom is -0.394 e. The van der Waals surface area contributed by atoms with Crippen LogP contribution in [0.25, 0.3) is 5.69 Å². The zero-order valence-corrected chi connectivity index (χ0v) is 15.5. The second-order valence-electron chi connectivity index (χ2n) is 8.48. The van der Waals surface area contributed by atoms with E-state index in [1.165, 1.54) is 16.8 Å². The van der Waals surface area contributed by atoms with Crippen LogP contribution in [-0.2, 0) is 6.42 Å². The van der Waals surface area contributed by atoms with Crippen LogP contribution < -0.4 is 5.32 Å². The second kappa shape index (κ2) is 6.37. The Morgan fingerprint density at radius 3 is 2.79 bits per heavy atom. The summed E-state index contributed by atoms with van der Waals surface area (Å²) in [6.07, 6.45) is 6.32. The predicted molar refractivity (Wildman–Crippen MR) is 98.4 cm³/mol. The molecule has 1 aromatic heterocycles. The average Bonchev–Trinajstić information content (AvgIpc) is 3.18. The molecule has 0 bridgehead atoms. The van der Waals surface area contributed by atoms with Crippen LogP contribution in [0.5, 0.6) is 0 Å². The van der Waals surface area contributed by atoms with Gasteiger partial charge < -0.3 is 10.4 Å². The van der Waals surface area contributed by atoms with Gasteiger partial charge in [0.1, 0.15) is 11.5 Å². The summed E-state index contributed by atoms with van der Waals surface area (Å²) in [7, 11) is 0. The number of halogens is 2. The van der Waals surface area contributed by atoms with Crippen molar-refractivity contribution < 1.29 is 18.7 Å². The fourth-order valence-corrected chi connectivity index (χ4v) is 4.99. The number of hydrogen-bond acceptors (Lipinski definition) is 3. The Morgan fingerprint density at radius 1 is 1.29 bits per heavy atom. The van der Waals surface area contributed by atoms with Crippen LogP contribution in [0.2, 0.25) is 0 Å². The molecule has 3 aliphatic rings. The van der Waals surface area contributed by atoms with Crippen LogP contribution in [0, 0.1) is 17.6 Å². The van der Waals surface area contributed by atoms with Gasteiger partial charge in [-0.2, -0.15) is 5.10 Å². The van der Waals surface area contributed by atoms with E-state index in [1.807, 2.05) is 0 Å². The molecule has 0 unspecified atom stereocenters. The standard InChI is InChI=1S/C21H23F2N3O2/c22-13-4-5-17(16(23)10-13)26-19-14-8-12(14)9-15(19)18(25-26)20(28)24-21(11-27)6-2-1-3-7-21/h4-5,10,12,14,27H,1-3,6-9,11H2,(H,24,28)/t12-,14-/m0/s1. The van der Waals surface area contributed by atoms with E-state index < -0.39 is 17.2 Å². The van der Waals surface area contributed by atoms with Crippen LogP contribution >= 0.6 is 0 Å². The van der Waals surface area contributed by atoms with Gasteiger partial charge in [-0.25, -0.2) is 13.5 Å². The van der Waals surface area contributed by atoms with Crippen LogP contribution in [0.1, 0.15) is 66.2 Å². The Morgan fingerprint density at radius 2 is 2.07 bits per heavy atom. The molecule has 0 aliphatic heterocycles. The quantitative estimate of drug-likeness (QED) is 0.846. The molecule has 2 saturated carbocycles. The highest BCUT2D eigenvalue weighted by Crippen LogP contribution is 2.57. The molecule has 5 nitrogen and oxygen atoms in total. The van der Waals surface area contributed by atoms with Gasteiger partial charge in [0.05, 0.1) is 17.8 Å². The first-order chi connectivity index (χ1) is 13.5. The van der Waals surface area contributed by atoms with Crippen molar-refractivity contribution in [3.05, 3.63) is 46.8 Å². The number of aliphatic hydroxyl groups is 1. The van der Waals surface area contributed by atoms with Gasteiger partial charge in [0.25, 0.3) is 5.91 Å². The first-order valence-electron chi connectivity index (χ1n) is 10.0. The highest BCUT2D eigenvalue weighted by atomic mass is 19.1. The highest BCUT2D eigenvalue weighted by molar-refractivity contribution is 5.95. The maximum absolute atomic E-state index is 14.4. The SMILES string of the molecule is O=C(NC1(CO)CCCCC1)c1nn(-c2ccc(F)cc2F)c2c1C[C@@H]1C[C@H]21. The van der Waals surface area contributed by atoms with E-state index in [-0.39, 0.29) is 24.1 Å². The van der Waals surface area contributed by atoms with E-state index in [0.717, 1.165) is 62.3 Å². The minimum absolute atomic E-state index is 0.0977. The maximum Gasteiger partial charge on any atom is 0.272 e. The van der Waals surface area contributed by atoms with Crippen LogP contribution in [0.4, 0.5) is 8.78 Å². The van der Waals surface area contributed by atoms with Gasteiger partial charge in [0.2, 0.25) is 0 Å². The minimum atomic E-state index is -0.694. The van der Waals surface area contributed by atoms with E-state index in [1.54, 1.807) is 0 Å². The summed E-state index contributed by atoms with van der Waals surface area (Å²) in [6, 6.07) is 3.41. The third kappa shape index (κ3) is 2.75. The molecule has 1 heterocycles. The Bertz CT molecular complexity index is 949. The molecule has 1 amide bonds. The monoisotopic (exact) mass is 387 g/mol. The summed E-state index contributed by atoms with van der Waals surface area (Å²) >= 11 is 0. The van der Waals surface area contributed by atoms with Crippen LogP contribution in [-0.4, -0.2) is 32.9 Å². The smallest absolute Gasteiger partial charge is 0.272 e. The molecule has 0 saturated heterocycles. The lowest BCUT2D eigenvalue weighted by Gasteiger charge is -2.36. The van der Waals surface area contributed by atoms with Gasteiger partial charge in [0.15, 0.2) is 11.5 Å². The fraction of sp³-hybridized carbons (Fsp3) is 0.524. The molecule has 1 aromatic carbocycles. The third-order valence-electron chi connectivity index (χ3n) is 6.61. The van der Waals surface area contributed by atoms with E-state index in [2.05, 4.69) is 10.4 Å². The normalized spacial score (nSPS) is 24.5. The van der Waals surface area contributed by atoms with E-state index in [9.17, 15) is 18.7 Å². The van der Waals surface area contributed by atoms with Crippen molar-refractivity contribution >= 4 is 5.91 Å². The van der Waals surface area contributed by atoms with Gasteiger partial charge in [-0.05, 0) is 43.7 Å². The summed E-state index contributed by atoms with van der Waals surface area (Å²) < 4.78 is 29.2. The summed E-state index contributed by atoms with van der Waals surface area (Å²) in [5.74, 6) is -0.879. The topological polar surface area (TPSA) is 67.2 Å². The van der Waals surface area contributed by atoms with Crippen molar-refractivity contribution in [1.82, 2.24) is 15.1 Å². The molecule has 0 spiro atoms. The maximum atomic E-state index is 14.4. The molecule has 3 aliphatic carbocycles. The molecule has 5 rings (SSSR count). The first-order valence-corrected chi connectivity index (χ1v) is 10.0. The molecule has 2 fully saturated rings. The zero-order valence-electron chi connectivity index (χ0n) is 15.5. The summed E-state index contributed by atoms with van der Waals surface area (Å²) in [5.41, 5.74) is 1.62. The Labute approximate surface area is 161 Å². The summed E-state index contributed by atoms with van der Waals surface area (Å²) in [4.78, 5) is 13.1. The van der Waals surface area contributed by atoms with Crippen molar-refractivity contribution in [1.29, 1.82) is 0 Å². The average molecular weight is 387 g/mol. The van der Waals surface area contributed by atoms with Crippen molar-refractivity contribution in [3.8, 4) is 5.69 Å². The molecule has 7 heteroatoms. The lowest BCUT2D eigenvalue weighted by molar-refractivity contribution is 0.0752. The van der Waals surface area contributed by atoms with Gasteiger partial charge in [-0.3, -0.25) is 4.79 Å². The second-order valence-corrected chi connectivity index (χ2v) is 8.48. The van der Waals surface area contributed by atoms with Gasteiger partial charge in [0, 0.05) is 17.5 Å². The number of aliphatic hydroxyl groups excluding tert-OH is 1. The van der Waals surface area contributed by atoms with Gasteiger partial charge >= 0.3 is 0 Å². The van der Waals surface area contributed by atoms with Crippen molar-refractivity contribution in [2.45, 2.75) is 56.4 Å². The number of rotatable bonds is 4. The Balaban J connectivity index is 1.52. The van der Waals surface area contributed by atoms with Gasteiger partial charge in [-0.15, -0.1) is 0 Å². The summed E-state index contributed by atoms with van der Waals surface area (Å²) in [5, 5.41) is 17.4. The van der Waals surface area contributed by atoms with Crippen LogP contribution in [0.15, 0.2) is 18.2 Å². The van der Waals surface area contributed by atoms with Gasteiger partial charge in [-0.1, -0.05) is 19.3 Å². The molecule has 0 radical (unpaired) electrons. The summed E-state index contributed by atoms with van der Waals surface area (Å²) in [6.45, 7) is -0.0977. The largest absolute Gasteiger partial charge is 0.394 e. The van der Waals surface area contributed by atoms with E-state index in [4.69, 9.17) is 0 Å². The molecule has 2 atom stereocenters. The lowest BCUT2D eigenvalue weighted by atomic mass is 9.82. The molecule has 2 aromatic rings. The number of aromatic nitrogens is 2. The number of hydrogen-bond donors (Lipinski definition) is 2. The van der Waals surface area contributed by atoms with Crippen molar-refractivity contribution in [3.63, 3.8) is 0 Å². The number of carbonyl (C=O) groups excluding carboxylic acids is 1. The number of nitrogens with one attached hydrogen (secondary N) is 1. The van der Waals surface area contributed by atoms with E-state index >= 15 is 0 Å². The van der Waals surface area contributed by atoms with Crippen LogP contribution in [0.3, 0.4) is 0 Å². The Kier molecular flexibility index (Phi) is 4.05. The molecule has 28 heavy (non-hydrogen) atoms. The first kappa shape index (κ1) is 17.8. The zero-order chi connectivity index (χ0) is 19.5. The molecular formula is C21H23F2N3O2. The van der Waals surface area contributed by atoms with Crippen molar-refractivity contribution in [2.75, 3.05) is 6.61 Å². The lowest BCUT2D eigenvalue weighted by Crippen LogP contribution is -2.52. The number of amides is 1. The number of fused-ring (bicyclic) bond motifs is 3. The van der Waals surface area contributed by atoms with Crippen molar-refractivity contribution in [2.24, 2.45) is 5.92 Å². The molecular weight excluding hydrogens is 364 g/mol.